The first-order valence-electron chi connectivity index (χ1n) is 8.86. The number of benzene rings is 2. The molecule has 2 aromatic rings. The Morgan fingerprint density at radius 1 is 0.885 bits per heavy atom. The first kappa shape index (κ1) is 18.5. The second-order valence-corrected chi connectivity index (χ2v) is 7.42. The van der Waals surface area contributed by atoms with Gasteiger partial charge in [-0.1, -0.05) is 12.1 Å². The van der Waals surface area contributed by atoms with Crippen LogP contribution in [0.2, 0.25) is 0 Å². The fourth-order valence-electron chi connectivity index (χ4n) is 4.43. The average molecular weight is 358 g/mol. The van der Waals surface area contributed by atoms with Crippen molar-refractivity contribution in [2.45, 2.75) is 33.1 Å². The minimum Gasteiger partial charge on any atom is -0.507 e. The van der Waals surface area contributed by atoms with Crippen LogP contribution in [0.5, 0.6) is 17.2 Å². The lowest BCUT2D eigenvalue weighted by molar-refractivity contribution is 0.101. The van der Waals surface area contributed by atoms with E-state index in [1.807, 2.05) is 19.9 Å². The molecule has 0 fully saturated rings. The van der Waals surface area contributed by atoms with Crippen molar-refractivity contribution in [3.63, 3.8) is 0 Å². The highest BCUT2D eigenvalue weighted by Gasteiger charge is 2.39. The number of aromatic hydroxyl groups is 3. The summed E-state index contributed by atoms with van der Waals surface area (Å²) < 4.78 is 0. The third-order valence-corrected chi connectivity index (χ3v) is 5.80. The molecule has 0 heterocycles. The monoisotopic (exact) mass is 358 g/mol. The van der Waals surface area contributed by atoms with E-state index in [2.05, 4.69) is 0 Å². The maximum atomic E-state index is 10.5. The Hall–Kier alpha value is -2.24. The molecule has 0 aliphatic heterocycles. The molecule has 0 radical (unpaired) electrons. The fraction of sp³-hybridized carbons (Fsp3) is 0.429. The SMILES string of the molecule is Cc1cc(C2c3c(cc(C)c(O)c3C)CC(CO)C2CO)cc(O)c1O. The predicted molar refractivity (Wildman–Crippen MR) is 98.8 cm³/mol. The van der Waals surface area contributed by atoms with E-state index in [9.17, 15) is 25.5 Å². The number of hydrogen-bond donors (Lipinski definition) is 5. The van der Waals surface area contributed by atoms with Crippen LogP contribution in [0.1, 0.15) is 39.3 Å². The Morgan fingerprint density at radius 3 is 2.12 bits per heavy atom. The van der Waals surface area contributed by atoms with Crippen LogP contribution in [0, 0.1) is 32.6 Å². The average Bonchev–Trinajstić information content (AvgIpc) is 2.62. The van der Waals surface area contributed by atoms with Crippen molar-refractivity contribution in [1.82, 2.24) is 0 Å². The van der Waals surface area contributed by atoms with Gasteiger partial charge in [0.2, 0.25) is 0 Å². The van der Waals surface area contributed by atoms with Crippen LogP contribution >= 0.6 is 0 Å². The van der Waals surface area contributed by atoms with Crippen molar-refractivity contribution in [3.8, 4) is 17.2 Å². The van der Waals surface area contributed by atoms with Crippen molar-refractivity contribution >= 4 is 0 Å². The summed E-state index contributed by atoms with van der Waals surface area (Å²) in [5, 5.41) is 50.4. The van der Waals surface area contributed by atoms with Crippen LogP contribution in [-0.2, 0) is 6.42 Å². The Kier molecular flexibility index (Phi) is 4.86. The molecule has 1 aliphatic carbocycles. The maximum absolute atomic E-state index is 10.5. The molecule has 0 spiro atoms. The van der Waals surface area contributed by atoms with Crippen molar-refractivity contribution in [2.75, 3.05) is 13.2 Å². The van der Waals surface area contributed by atoms with E-state index in [0.29, 0.717) is 12.0 Å². The summed E-state index contributed by atoms with van der Waals surface area (Å²) in [6.07, 6.45) is 0.624. The van der Waals surface area contributed by atoms with Gasteiger partial charge in [0.15, 0.2) is 11.5 Å². The summed E-state index contributed by atoms with van der Waals surface area (Å²) in [6.45, 7) is 5.24. The van der Waals surface area contributed by atoms with E-state index < -0.39 is 0 Å². The van der Waals surface area contributed by atoms with E-state index >= 15 is 0 Å². The van der Waals surface area contributed by atoms with Gasteiger partial charge in [0.05, 0.1) is 0 Å². The summed E-state index contributed by atoms with van der Waals surface area (Å²) in [5.41, 5.74) is 4.80. The number of rotatable bonds is 3. The van der Waals surface area contributed by atoms with Crippen molar-refractivity contribution in [1.29, 1.82) is 0 Å². The number of aryl methyl sites for hydroxylation is 2. The molecular weight excluding hydrogens is 332 g/mol. The quantitative estimate of drug-likeness (QED) is 0.543. The third kappa shape index (κ3) is 2.81. The minimum atomic E-state index is -0.294. The van der Waals surface area contributed by atoms with Crippen LogP contribution < -0.4 is 0 Å². The Bertz CT molecular complexity index is 820. The molecule has 1 aliphatic rings. The highest BCUT2D eigenvalue weighted by atomic mass is 16.3. The summed E-state index contributed by atoms with van der Waals surface area (Å²) in [4.78, 5) is 0. The van der Waals surface area contributed by atoms with Crippen molar-refractivity contribution < 1.29 is 25.5 Å². The zero-order chi connectivity index (χ0) is 19.2. The lowest BCUT2D eigenvalue weighted by Crippen LogP contribution is -2.35. The zero-order valence-electron chi connectivity index (χ0n) is 15.3. The molecule has 5 N–H and O–H groups in total. The lowest BCUT2D eigenvalue weighted by atomic mass is 9.65. The molecular formula is C21H26O5. The highest BCUT2D eigenvalue weighted by molar-refractivity contribution is 5.57. The molecule has 3 atom stereocenters. The van der Waals surface area contributed by atoms with Gasteiger partial charge >= 0.3 is 0 Å². The molecule has 5 nitrogen and oxygen atoms in total. The van der Waals surface area contributed by atoms with Gasteiger partial charge in [0, 0.05) is 19.1 Å². The van der Waals surface area contributed by atoms with E-state index in [1.54, 1.807) is 13.0 Å². The van der Waals surface area contributed by atoms with E-state index in [1.165, 1.54) is 6.07 Å². The Balaban J connectivity index is 2.29. The van der Waals surface area contributed by atoms with Gasteiger partial charge in [-0.25, -0.2) is 0 Å². The topological polar surface area (TPSA) is 101 Å². The van der Waals surface area contributed by atoms with Crippen LogP contribution in [-0.4, -0.2) is 38.7 Å². The summed E-state index contributed by atoms with van der Waals surface area (Å²) in [5.74, 6) is -0.815. The number of phenols is 3. The van der Waals surface area contributed by atoms with Crippen LogP contribution in [0.15, 0.2) is 18.2 Å². The zero-order valence-corrected chi connectivity index (χ0v) is 15.3. The highest BCUT2D eigenvalue weighted by Crippen LogP contribution is 2.48. The molecule has 0 bridgehead atoms. The normalized spacial score (nSPS) is 22.3. The molecule has 0 aromatic heterocycles. The van der Waals surface area contributed by atoms with Gasteiger partial charge in [0.1, 0.15) is 5.75 Å². The fourth-order valence-corrected chi connectivity index (χ4v) is 4.43. The first-order valence-corrected chi connectivity index (χ1v) is 8.86. The van der Waals surface area contributed by atoms with Gasteiger partial charge < -0.3 is 25.5 Å². The molecule has 0 amide bonds. The number of aliphatic hydroxyl groups excluding tert-OH is 2. The maximum Gasteiger partial charge on any atom is 0.160 e. The second-order valence-electron chi connectivity index (χ2n) is 7.42. The number of aliphatic hydroxyl groups is 2. The van der Waals surface area contributed by atoms with Crippen molar-refractivity contribution in [3.05, 3.63) is 51.6 Å². The molecule has 26 heavy (non-hydrogen) atoms. The largest absolute Gasteiger partial charge is 0.507 e. The molecule has 3 unspecified atom stereocenters. The second kappa shape index (κ2) is 6.82. The van der Waals surface area contributed by atoms with Crippen LogP contribution in [0.4, 0.5) is 0 Å². The first-order chi connectivity index (χ1) is 12.3. The summed E-state index contributed by atoms with van der Waals surface area (Å²) in [7, 11) is 0. The molecule has 0 saturated heterocycles. The van der Waals surface area contributed by atoms with E-state index in [0.717, 1.165) is 27.8 Å². The molecule has 3 rings (SSSR count). The minimum absolute atomic E-state index is 0.0524. The molecule has 140 valence electrons. The van der Waals surface area contributed by atoms with Gasteiger partial charge in [-0.3, -0.25) is 0 Å². The summed E-state index contributed by atoms with van der Waals surface area (Å²) >= 11 is 0. The van der Waals surface area contributed by atoms with E-state index in [4.69, 9.17) is 0 Å². The Labute approximate surface area is 153 Å². The Morgan fingerprint density at radius 2 is 1.54 bits per heavy atom. The molecule has 5 heteroatoms. The van der Waals surface area contributed by atoms with Gasteiger partial charge in [-0.15, -0.1) is 0 Å². The van der Waals surface area contributed by atoms with Gasteiger partial charge in [-0.2, -0.15) is 0 Å². The number of fused-ring (bicyclic) bond motifs is 1. The van der Waals surface area contributed by atoms with Gasteiger partial charge in [-0.05, 0) is 78.5 Å². The summed E-state index contributed by atoms with van der Waals surface area (Å²) in [6, 6.07) is 5.24. The standard InChI is InChI=1S/C21H26O5/c1-10-4-13-6-15(8-22)16(9-23)19(18(13)12(3)20(10)25)14-5-11(2)21(26)17(24)7-14/h4-5,7,15-16,19,22-26H,6,8-9H2,1-3H3. The van der Waals surface area contributed by atoms with E-state index in [-0.39, 0.29) is 48.2 Å². The molecule has 2 aromatic carbocycles. The third-order valence-electron chi connectivity index (χ3n) is 5.80. The van der Waals surface area contributed by atoms with Crippen LogP contribution in [0.3, 0.4) is 0 Å². The van der Waals surface area contributed by atoms with Crippen LogP contribution in [0.25, 0.3) is 0 Å². The lowest BCUT2D eigenvalue weighted by Gasteiger charge is -2.40. The predicted octanol–water partition coefficient (Wildman–Crippen LogP) is 2.63. The number of phenolic OH excluding ortho intramolecular Hbond substituents is 3. The molecule has 0 saturated carbocycles. The smallest absolute Gasteiger partial charge is 0.160 e. The number of hydrogen-bond acceptors (Lipinski definition) is 5. The van der Waals surface area contributed by atoms with Crippen molar-refractivity contribution in [2.24, 2.45) is 11.8 Å². The van der Waals surface area contributed by atoms with Gasteiger partial charge in [0.25, 0.3) is 0 Å².